The zero-order valence-corrected chi connectivity index (χ0v) is 8.56. The molecule has 2 nitrogen and oxygen atoms in total. The summed E-state index contributed by atoms with van der Waals surface area (Å²) < 4.78 is 0. The molecule has 0 amide bonds. The van der Waals surface area contributed by atoms with Gasteiger partial charge in [-0.05, 0) is 24.6 Å². The Balaban J connectivity index is 3.03. The summed E-state index contributed by atoms with van der Waals surface area (Å²) >= 11 is 11.5. The van der Waals surface area contributed by atoms with E-state index in [9.17, 15) is 4.79 Å². The highest BCUT2D eigenvalue weighted by atomic mass is 35.5. The van der Waals surface area contributed by atoms with Gasteiger partial charge in [-0.2, -0.15) is 0 Å². The van der Waals surface area contributed by atoms with Gasteiger partial charge >= 0.3 is 0 Å². The Bertz CT molecular complexity index is 338. The molecule has 0 fully saturated rings. The number of hydrogen-bond acceptors (Lipinski definition) is 2. The molecule has 1 aromatic carbocycles. The van der Waals surface area contributed by atoms with Gasteiger partial charge < -0.3 is 5.73 Å². The van der Waals surface area contributed by atoms with Crippen LogP contribution in [-0.2, 0) is 4.79 Å². The first-order valence-corrected chi connectivity index (χ1v) is 4.49. The van der Waals surface area contributed by atoms with Crippen LogP contribution in [0.15, 0.2) is 18.2 Å². The van der Waals surface area contributed by atoms with E-state index in [2.05, 4.69) is 0 Å². The van der Waals surface area contributed by atoms with Gasteiger partial charge in [0.1, 0.15) is 0 Å². The summed E-state index contributed by atoms with van der Waals surface area (Å²) in [4.78, 5) is 10.9. The van der Waals surface area contributed by atoms with Crippen molar-refractivity contribution in [3.63, 3.8) is 0 Å². The second kappa shape index (κ2) is 4.09. The maximum Gasteiger partial charge on any atom is 0.150 e. The molecule has 1 atom stereocenters. The second-order valence-electron chi connectivity index (χ2n) is 2.76. The SMILES string of the molecule is CC(=O)C(N)c1ccc(Cl)c(Cl)c1. The monoisotopic (exact) mass is 217 g/mol. The summed E-state index contributed by atoms with van der Waals surface area (Å²) in [6.07, 6.45) is 0. The van der Waals surface area contributed by atoms with Crippen LogP contribution in [0.1, 0.15) is 18.5 Å². The van der Waals surface area contributed by atoms with Crippen molar-refractivity contribution < 1.29 is 4.79 Å². The summed E-state index contributed by atoms with van der Waals surface area (Å²) in [6.45, 7) is 1.44. The van der Waals surface area contributed by atoms with Crippen LogP contribution in [-0.4, -0.2) is 5.78 Å². The second-order valence-corrected chi connectivity index (χ2v) is 3.58. The first-order chi connectivity index (χ1) is 6.02. The van der Waals surface area contributed by atoms with Crippen molar-refractivity contribution in [1.82, 2.24) is 0 Å². The third kappa shape index (κ3) is 2.44. The van der Waals surface area contributed by atoms with Crippen molar-refractivity contribution >= 4 is 29.0 Å². The van der Waals surface area contributed by atoms with Crippen molar-refractivity contribution in [2.45, 2.75) is 13.0 Å². The fourth-order valence-electron chi connectivity index (χ4n) is 0.941. The number of benzene rings is 1. The lowest BCUT2D eigenvalue weighted by molar-refractivity contribution is -0.118. The molecule has 0 radical (unpaired) electrons. The lowest BCUT2D eigenvalue weighted by Crippen LogP contribution is -2.18. The van der Waals surface area contributed by atoms with Crippen molar-refractivity contribution in [3.05, 3.63) is 33.8 Å². The minimum atomic E-state index is -0.616. The molecule has 0 saturated carbocycles. The van der Waals surface area contributed by atoms with E-state index < -0.39 is 6.04 Å². The molecule has 1 rings (SSSR count). The fourth-order valence-corrected chi connectivity index (χ4v) is 1.25. The van der Waals surface area contributed by atoms with E-state index in [1.54, 1.807) is 18.2 Å². The number of carbonyl (C=O) groups is 1. The van der Waals surface area contributed by atoms with Crippen molar-refractivity contribution in [3.8, 4) is 0 Å². The predicted octanol–water partition coefficient (Wildman–Crippen LogP) is 2.58. The molecule has 0 spiro atoms. The van der Waals surface area contributed by atoms with Crippen LogP contribution >= 0.6 is 23.2 Å². The van der Waals surface area contributed by atoms with Crippen LogP contribution in [0.2, 0.25) is 10.0 Å². The Labute approximate surface area is 86.6 Å². The molecule has 0 bridgehead atoms. The molecule has 70 valence electrons. The van der Waals surface area contributed by atoms with Crippen LogP contribution in [0.5, 0.6) is 0 Å². The predicted molar refractivity (Wildman–Crippen MR) is 54.1 cm³/mol. The Morgan fingerprint density at radius 1 is 1.38 bits per heavy atom. The molecule has 0 aromatic heterocycles. The highest BCUT2D eigenvalue weighted by molar-refractivity contribution is 6.42. The number of ketones is 1. The maximum absolute atomic E-state index is 10.9. The van der Waals surface area contributed by atoms with Crippen molar-refractivity contribution in [1.29, 1.82) is 0 Å². The zero-order chi connectivity index (χ0) is 10.0. The van der Waals surface area contributed by atoms with Gasteiger partial charge in [0.15, 0.2) is 5.78 Å². The van der Waals surface area contributed by atoms with Gasteiger partial charge in [-0.25, -0.2) is 0 Å². The number of halogens is 2. The molecular formula is C9H9Cl2NO. The van der Waals surface area contributed by atoms with Gasteiger partial charge in [-0.1, -0.05) is 29.3 Å². The van der Waals surface area contributed by atoms with Gasteiger partial charge in [0.2, 0.25) is 0 Å². The topological polar surface area (TPSA) is 43.1 Å². The minimum absolute atomic E-state index is 0.0987. The lowest BCUT2D eigenvalue weighted by atomic mass is 10.1. The van der Waals surface area contributed by atoms with Crippen LogP contribution in [0.3, 0.4) is 0 Å². The van der Waals surface area contributed by atoms with Crippen LogP contribution < -0.4 is 5.73 Å². The number of carbonyl (C=O) groups excluding carboxylic acids is 1. The van der Waals surface area contributed by atoms with Gasteiger partial charge in [-0.3, -0.25) is 4.79 Å². The Kier molecular flexibility index (Phi) is 3.31. The largest absolute Gasteiger partial charge is 0.318 e. The van der Waals surface area contributed by atoms with Gasteiger partial charge in [-0.15, -0.1) is 0 Å². The fraction of sp³-hybridized carbons (Fsp3) is 0.222. The van der Waals surface area contributed by atoms with E-state index in [0.29, 0.717) is 15.6 Å². The summed E-state index contributed by atoms with van der Waals surface area (Å²) in [7, 11) is 0. The Morgan fingerprint density at radius 2 is 2.00 bits per heavy atom. The van der Waals surface area contributed by atoms with Crippen LogP contribution in [0, 0.1) is 0 Å². The molecule has 2 N–H and O–H groups in total. The van der Waals surface area contributed by atoms with Gasteiger partial charge in [0.05, 0.1) is 16.1 Å². The van der Waals surface area contributed by atoms with Crippen LogP contribution in [0.25, 0.3) is 0 Å². The zero-order valence-electron chi connectivity index (χ0n) is 7.05. The Morgan fingerprint density at radius 3 is 2.46 bits per heavy atom. The summed E-state index contributed by atoms with van der Waals surface area (Å²) in [5, 5.41) is 0.872. The average Bonchev–Trinajstić information content (AvgIpc) is 2.08. The van der Waals surface area contributed by atoms with E-state index in [-0.39, 0.29) is 5.78 Å². The van der Waals surface area contributed by atoms with Gasteiger partial charge in [0.25, 0.3) is 0 Å². The Hall–Kier alpha value is -0.570. The van der Waals surface area contributed by atoms with E-state index in [0.717, 1.165) is 0 Å². The summed E-state index contributed by atoms with van der Waals surface area (Å²) in [5.41, 5.74) is 6.29. The van der Waals surface area contributed by atoms with E-state index >= 15 is 0 Å². The molecule has 1 unspecified atom stereocenters. The molecule has 0 aliphatic rings. The molecular weight excluding hydrogens is 209 g/mol. The minimum Gasteiger partial charge on any atom is -0.318 e. The summed E-state index contributed by atoms with van der Waals surface area (Å²) in [6, 6.07) is 4.31. The number of Topliss-reactive ketones (excluding diaryl/α,β-unsaturated/α-hetero) is 1. The first-order valence-electron chi connectivity index (χ1n) is 3.73. The normalized spacial score (nSPS) is 12.6. The number of nitrogens with two attached hydrogens (primary N) is 1. The molecule has 4 heteroatoms. The van der Waals surface area contributed by atoms with E-state index in [1.165, 1.54) is 6.92 Å². The third-order valence-electron chi connectivity index (χ3n) is 1.74. The smallest absolute Gasteiger partial charge is 0.150 e. The molecule has 0 aliphatic carbocycles. The molecule has 13 heavy (non-hydrogen) atoms. The molecule has 0 saturated heterocycles. The summed E-state index contributed by atoms with van der Waals surface area (Å²) in [5.74, 6) is -0.0987. The quantitative estimate of drug-likeness (QED) is 0.828. The number of rotatable bonds is 2. The number of hydrogen-bond donors (Lipinski definition) is 1. The van der Waals surface area contributed by atoms with Gasteiger partial charge in [0, 0.05) is 0 Å². The molecule has 0 heterocycles. The van der Waals surface area contributed by atoms with Crippen molar-refractivity contribution in [2.75, 3.05) is 0 Å². The van der Waals surface area contributed by atoms with E-state index in [4.69, 9.17) is 28.9 Å². The van der Waals surface area contributed by atoms with Crippen molar-refractivity contribution in [2.24, 2.45) is 5.73 Å². The highest BCUT2D eigenvalue weighted by Gasteiger charge is 2.11. The standard InChI is InChI=1S/C9H9Cl2NO/c1-5(13)9(12)6-2-3-7(10)8(11)4-6/h2-4,9H,12H2,1H3. The van der Waals surface area contributed by atoms with Crippen LogP contribution in [0.4, 0.5) is 0 Å². The first kappa shape index (κ1) is 10.5. The van der Waals surface area contributed by atoms with E-state index in [1.807, 2.05) is 0 Å². The average molecular weight is 218 g/mol. The lowest BCUT2D eigenvalue weighted by Gasteiger charge is -2.08. The highest BCUT2D eigenvalue weighted by Crippen LogP contribution is 2.25. The maximum atomic E-state index is 10.9. The molecule has 1 aromatic rings. The third-order valence-corrected chi connectivity index (χ3v) is 2.48. The molecule has 0 aliphatic heterocycles.